The van der Waals surface area contributed by atoms with Crippen molar-refractivity contribution in [2.24, 2.45) is 5.73 Å². The lowest BCUT2D eigenvalue weighted by Crippen LogP contribution is -2.02. The molecule has 0 aromatic heterocycles. The van der Waals surface area contributed by atoms with Crippen LogP contribution in [0.3, 0.4) is 0 Å². The number of nitrogens with two attached hydrogens (primary N) is 1. The molecule has 0 aliphatic rings. The average molecular weight is 193 g/mol. The van der Waals surface area contributed by atoms with Crippen molar-refractivity contribution in [2.75, 3.05) is 0 Å². The van der Waals surface area contributed by atoms with Crippen LogP contribution in [0.1, 0.15) is 24.0 Å². The standard InChI is InChI=1S/C11H15NO2/c12-8-10-5-2-1-4-9(10)6-3-7-11(13)14/h1-2,4-5H,3,6-8,12H2,(H,13,14). The van der Waals surface area contributed by atoms with Gasteiger partial charge in [-0.3, -0.25) is 4.79 Å². The Morgan fingerprint density at radius 2 is 1.93 bits per heavy atom. The summed E-state index contributed by atoms with van der Waals surface area (Å²) in [5.74, 6) is -0.741. The highest BCUT2D eigenvalue weighted by Crippen LogP contribution is 2.11. The summed E-state index contributed by atoms with van der Waals surface area (Å²) in [4.78, 5) is 10.3. The Labute approximate surface area is 83.6 Å². The van der Waals surface area contributed by atoms with Gasteiger partial charge in [0.05, 0.1) is 0 Å². The number of aliphatic carboxylic acids is 1. The van der Waals surface area contributed by atoms with Crippen molar-refractivity contribution in [1.82, 2.24) is 0 Å². The molecule has 1 aromatic carbocycles. The van der Waals surface area contributed by atoms with Gasteiger partial charge in [-0.15, -0.1) is 0 Å². The summed E-state index contributed by atoms with van der Waals surface area (Å²) < 4.78 is 0. The van der Waals surface area contributed by atoms with Crippen LogP contribution in [0.15, 0.2) is 24.3 Å². The number of carboxylic acids is 1. The van der Waals surface area contributed by atoms with Crippen molar-refractivity contribution in [3.8, 4) is 0 Å². The van der Waals surface area contributed by atoms with Gasteiger partial charge in [0.2, 0.25) is 0 Å². The molecular weight excluding hydrogens is 178 g/mol. The minimum absolute atomic E-state index is 0.221. The molecule has 0 amide bonds. The summed E-state index contributed by atoms with van der Waals surface area (Å²) in [5.41, 5.74) is 7.84. The van der Waals surface area contributed by atoms with Crippen LogP contribution < -0.4 is 5.73 Å². The lowest BCUT2D eigenvalue weighted by molar-refractivity contribution is -0.137. The van der Waals surface area contributed by atoms with E-state index in [9.17, 15) is 4.79 Å². The Morgan fingerprint density at radius 1 is 1.29 bits per heavy atom. The fourth-order valence-electron chi connectivity index (χ4n) is 1.43. The largest absolute Gasteiger partial charge is 0.481 e. The third-order valence-corrected chi connectivity index (χ3v) is 2.18. The molecule has 1 aromatic rings. The lowest BCUT2D eigenvalue weighted by Gasteiger charge is -2.05. The first kappa shape index (κ1) is 10.7. The SMILES string of the molecule is NCc1ccccc1CCCC(=O)O. The van der Waals surface area contributed by atoms with E-state index in [1.807, 2.05) is 24.3 Å². The highest BCUT2D eigenvalue weighted by molar-refractivity contribution is 5.66. The third-order valence-electron chi connectivity index (χ3n) is 2.18. The summed E-state index contributed by atoms with van der Waals surface area (Å²) in [5, 5.41) is 8.49. The van der Waals surface area contributed by atoms with Gasteiger partial charge in [-0.1, -0.05) is 24.3 Å². The Kier molecular flexibility index (Phi) is 4.13. The van der Waals surface area contributed by atoms with Crippen molar-refractivity contribution < 1.29 is 9.90 Å². The van der Waals surface area contributed by atoms with Crippen LogP contribution in [0.5, 0.6) is 0 Å². The first-order valence-corrected chi connectivity index (χ1v) is 4.72. The van der Waals surface area contributed by atoms with Crippen molar-refractivity contribution in [1.29, 1.82) is 0 Å². The molecule has 3 nitrogen and oxygen atoms in total. The molecule has 3 heteroatoms. The maximum Gasteiger partial charge on any atom is 0.303 e. The van der Waals surface area contributed by atoms with Crippen molar-refractivity contribution in [2.45, 2.75) is 25.8 Å². The van der Waals surface area contributed by atoms with Gasteiger partial charge in [-0.25, -0.2) is 0 Å². The molecule has 0 atom stereocenters. The maximum atomic E-state index is 10.3. The zero-order valence-electron chi connectivity index (χ0n) is 8.07. The van der Waals surface area contributed by atoms with E-state index in [1.54, 1.807) is 0 Å². The second-order valence-corrected chi connectivity index (χ2v) is 3.22. The van der Waals surface area contributed by atoms with Crippen LogP contribution in [-0.4, -0.2) is 11.1 Å². The monoisotopic (exact) mass is 193 g/mol. The smallest absolute Gasteiger partial charge is 0.303 e. The van der Waals surface area contributed by atoms with Crippen LogP contribution in [0.2, 0.25) is 0 Å². The number of carbonyl (C=O) groups is 1. The fraction of sp³-hybridized carbons (Fsp3) is 0.364. The van der Waals surface area contributed by atoms with Gasteiger partial charge < -0.3 is 10.8 Å². The van der Waals surface area contributed by atoms with E-state index in [0.717, 1.165) is 17.5 Å². The van der Waals surface area contributed by atoms with Crippen LogP contribution in [0.4, 0.5) is 0 Å². The molecule has 0 bridgehead atoms. The Bertz CT molecular complexity index is 310. The molecule has 0 heterocycles. The number of hydrogen-bond acceptors (Lipinski definition) is 2. The van der Waals surface area contributed by atoms with Crippen LogP contribution in [0.25, 0.3) is 0 Å². The molecular formula is C11H15NO2. The van der Waals surface area contributed by atoms with Gasteiger partial charge in [-0.2, -0.15) is 0 Å². The fourth-order valence-corrected chi connectivity index (χ4v) is 1.43. The topological polar surface area (TPSA) is 63.3 Å². The Morgan fingerprint density at radius 3 is 2.50 bits per heavy atom. The van der Waals surface area contributed by atoms with Crippen LogP contribution in [0, 0.1) is 0 Å². The molecule has 0 unspecified atom stereocenters. The highest BCUT2D eigenvalue weighted by atomic mass is 16.4. The average Bonchev–Trinajstić information content (AvgIpc) is 2.18. The molecule has 0 spiro atoms. The molecule has 0 aliphatic heterocycles. The molecule has 0 aliphatic carbocycles. The minimum Gasteiger partial charge on any atom is -0.481 e. The predicted octanol–water partition coefficient (Wildman–Crippen LogP) is 1.55. The summed E-state index contributed by atoms with van der Waals surface area (Å²) in [6.07, 6.45) is 1.69. The first-order chi connectivity index (χ1) is 6.74. The van der Waals surface area contributed by atoms with E-state index < -0.39 is 5.97 Å². The number of hydrogen-bond donors (Lipinski definition) is 2. The van der Waals surface area contributed by atoms with E-state index in [0.29, 0.717) is 13.0 Å². The molecule has 0 saturated heterocycles. The van der Waals surface area contributed by atoms with Gasteiger partial charge >= 0.3 is 5.97 Å². The molecule has 14 heavy (non-hydrogen) atoms. The second kappa shape index (κ2) is 5.40. The zero-order valence-corrected chi connectivity index (χ0v) is 8.07. The zero-order chi connectivity index (χ0) is 10.4. The minimum atomic E-state index is -0.741. The van der Waals surface area contributed by atoms with E-state index >= 15 is 0 Å². The normalized spacial score (nSPS) is 10.1. The molecule has 1 rings (SSSR count). The lowest BCUT2D eigenvalue weighted by atomic mass is 10.0. The molecule has 0 saturated carbocycles. The van der Waals surface area contributed by atoms with Crippen molar-refractivity contribution in [3.05, 3.63) is 35.4 Å². The number of aryl methyl sites for hydroxylation is 1. The molecule has 0 radical (unpaired) electrons. The van der Waals surface area contributed by atoms with Crippen LogP contribution >= 0.6 is 0 Å². The quantitative estimate of drug-likeness (QED) is 0.745. The van der Waals surface area contributed by atoms with E-state index in [2.05, 4.69) is 0 Å². The van der Waals surface area contributed by atoms with Gasteiger partial charge in [0.25, 0.3) is 0 Å². The predicted molar refractivity (Wildman–Crippen MR) is 54.9 cm³/mol. The molecule has 3 N–H and O–H groups in total. The Hall–Kier alpha value is -1.35. The van der Waals surface area contributed by atoms with Crippen LogP contribution in [-0.2, 0) is 17.8 Å². The van der Waals surface area contributed by atoms with E-state index in [1.165, 1.54) is 0 Å². The molecule has 0 fully saturated rings. The van der Waals surface area contributed by atoms with E-state index in [4.69, 9.17) is 10.8 Å². The Balaban J connectivity index is 2.53. The summed E-state index contributed by atoms with van der Waals surface area (Å²) in [6, 6.07) is 7.89. The number of carboxylic acid groups (broad SMARTS) is 1. The van der Waals surface area contributed by atoms with E-state index in [-0.39, 0.29) is 6.42 Å². The van der Waals surface area contributed by atoms with Gasteiger partial charge in [-0.05, 0) is 24.0 Å². The third kappa shape index (κ3) is 3.18. The van der Waals surface area contributed by atoms with Gasteiger partial charge in [0, 0.05) is 13.0 Å². The number of rotatable bonds is 5. The summed E-state index contributed by atoms with van der Waals surface area (Å²) in [7, 11) is 0. The highest BCUT2D eigenvalue weighted by Gasteiger charge is 2.01. The van der Waals surface area contributed by atoms with Crippen molar-refractivity contribution in [3.63, 3.8) is 0 Å². The van der Waals surface area contributed by atoms with Gasteiger partial charge in [0.1, 0.15) is 0 Å². The summed E-state index contributed by atoms with van der Waals surface area (Å²) >= 11 is 0. The summed E-state index contributed by atoms with van der Waals surface area (Å²) in [6.45, 7) is 0.517. The van der Waals surface area contributed by atoms with Gasteiger partial charge in [0.15, 0.2) is 0 Å². The number of benzene rings is 1. The van der Waals surface area contributed by atoms with Crippen molar-refractivity contribution >= 4 is 5.97 Å². The first-order valence-electron chi connectivity index (χ1n) is 4.72. The molecule has 76 valence electrons. The second-order valence-electron chi connectivity index (χ2n) is 3.22. The maximum absolute atomic E-state index is 10.3.